The molecular formula is C19H21N3O2. The second kappa shape index (κ2) is 6.23. The molecular weight excluding hydrogens is 302 g/mol. The molecule has 2 aromatic rings. The predicted octanol–water partition coefficient (Wildman–Crippen LogP) is 2.73. The van der Waals surface area contributed by atoms with Crippen molar-refractivity contribution >= 4 is 28.4 Å². The molecule has 0 unspecified atom stereocenters. The fraction of sp³-hybridized carbons (Fsp3) is 0.421. The number of hydrogen-bond donors (Lipinski definition) is 2. The molecule has 124 valence electrons. The van der Waals surface area contributed by atoms with Crippen LogP contribution in [0.15, 0.2) is 36.5 Å². The van der Waals surface area contributed by atoms with E-state index >= 15 is 0 Å². The van der Waals surface area contributed by atoms with Crippen molar-refractivity contribution in [2.24, 2.45) is 17.8 Å². The highest BCUT2D eigenvalue weighted by atomic mass is 16.2. The number of nitrogens with one attached hydrogen (secondary N) is 2. The van der Waals surface area contributed by atoms with Crippen LogP contribution in [-0.2, 0) is 9.59 Å². The van der Waals surface area contributed by atoms with Gasteiger partial charge in [-0.05, 0) is 49.1 Å². The third-order valence-electron chi connectivity index (χ3n) is 5.46. The Kier molecular flexibility index (Phi) is 3.92. The Bertz CT molecular complexity index is 789. The lowest BCUT2D eigenvalue weighted by atomic mass is 9.89. The van der Waals surface area contributed by atoms with Gasteiger partial charge in [-0.25, -0.2) is 0 Å². The van der Waals surface area contributed by atoms with Gasteiger partial charge in [0.05, 0.1) is 17.4 Å². The lowest BCUT2D eigenvalue weighted by Gasteiger charge is -2.21. The first kappa shape index (κ1) is 15.1. The lowest BCUT2D eigenvalue weighted by molar-refractivity contribution is -0.136. The zero-order chi connectivity index (χ0) is 16.5. The van der Waals surface area contributed by atoms with Crippen molar-refractivity contribution in [3.05, 3.63) is 36.5 Å². The smallest absolute Gasteiger partial charge is 0.313 e. The van der Waals surface area contributed by atoms with E-state index in [1.165, 1.54) is 25.7 Å². The second-order valence-corrected chi connectivity index (χ2v) is 7.02. The molecule has 2 aliphatic rings. The van der Waals surface area contributed by atoms with Gasteiger partial charge in [0.25, 0.3) is 0 Å². The van der Waals surface area contributed by atoms with Crippen LogP contribution in [0.2, 0.25) is 0 Å². The summed E-state index contributed by atoms with van der Waals surface area (Å²) in [7, 11) is 0. The molecule has 2 fully saturated rings. The van der Waals surface area contributed by atoms with Crippen LogP contribution in [0.4, 0.5) is 5.69 Å². The summed E-state index contributed by atoms with van der Waals surface area (Å²) in [6, 6.07) is 9.48. The summed E-state index contributed by atoms with van der Waals surface area (Å²) in [4.78, 5) is 28.4. The molecule has 4 rings (SSSR count). The van der Waals surface area contributed by atoms with E-state index in [1.807, 2.05) is 30.3 Å². The van der Waals surface area contributed by atoms with Gasteiger partial charge in [-0.3, -0.25) is 14.6 Å². The number of anilines is 1. The monoisotopic (exact) mass is 323 g/mol. The summed E-state index contributed by atoms with van der Waals surface area (Å²) in [5.74, 6) is 0.932. The van der Waals surface area contributed by atoms with Crippen molar-refractivity contribution in [2.45, 2.75) is 25.7 Å². The highest BCUT2D eigenvalue weighted by Crippen LogP contribution is 2.47. The Morgan fingerprint density at radius 2 is 2.00 bits per heavy atom. The average molecular weight is 323 g/mol. The quantitative estimate of drug-likeness (QED) is 0.853. The number of hydrogen-bond acceptors (Lipinski definition) is 3. The van der Waals surface area contributed by atoms with Crippen molar-refractivity contribution in [1.82, 2.24) is 10.3 Å². The average Bonchev–Trinajstić information content (AvgIpc) is 3.22. The number of rotatable bonds is 3. The highest BCUT2D eigenvalue weighted by molar-refractivity contribution is 6.39. The maximum atomic E-state index is 12.1. The molecule has 5 heteroatoms. The van der Waals surface area contributed by atoms with Crippen LogP contribution in [0.1, 0.15) is 25.7 Å². The highest BCUT2D eigenvalue weighted by Gasteiger charge is 2.39. The maximum Gasteiger partial charge on any atom is 0.313 e. The van der Waals surface area contributed by atoms with E-state index in [1.54, 1.807) is 6.20 Å². The molecule has 5 nitrogen and oxygen atoms in total. The Labute approximate surface area is 140 Å². The minimum Gasteiger partial charge on any atom is -0.348 e. The minimum absolute atomic E-state index is 0.536. The van der Waals surface area contributed by atoms with Crippen LogP contribution in [0.3, 0.4) is 0 Å². The van der Waals surface area contributed by atoms with Crippen LogP contribution in [-0.4, -0.2) is 23.3 Å². The van der Waals surface area contributed by atoms with Gasteiger partial charge in [-0.2, -0.15) is 0 Å². The summed E-state index contributed by atoms with van der Waals surface area (Å²) in [6.07, 6.45) is 6.69. The number of carbonyl (C=O) groups excluding carboxylic acids is 2. The molecule has 2 bridgehead atoms. The molecule has 2 aliphatic carbocycles. The van der Waals surface area contributed by atoms with Crippen LogP contribution >= 0.6 is 0 Å². The first-order valence-corrected chi connectivity index (χ1v) is 8.63. The van der Waals surface area contributed by atoms with Crippen molar-refractivity contribution in [1.29, 1.82) is 0 Å². The third-order valence-corrected chi connectivity index (χ3v) is 5.46. The molecule has 0 saturated heterocycles. The van der Waals surface area contributed by atoms with E-state index in [0.717, 1.165) is 22.7 Å². The van der Waals surface area contributed by atoms with Crippen LogP contribution < -0.4 is 10.6 Å². The Balaban J connectivity index is 1.33. The van der Waals surface area contributed by atoms with Gasteiger partial charge >= 0.3 is 11.8 Å². The van der Waals surface area contributed by atoms with Crippen LogP contribution in [0.5, 0.6) is 0 Å². The van der Waals surface area contributed by atoms with Gasteiger partial charge in [-0.15, -0.1) is 0 Å². The maximum absolute atomic E-state index is 12.1. The fourth-order valence-electron chi connectivity index (χ4n) is 4.26. The molecule has 2 saturated carbocycles. The standard InChI is InChI=1S/C19H21N3O2/c23-18(21-10-15-8-12-5-6-13(15)7-12)19(24)22-16-9-14-3-1-2-4-17(14)20-11-16/h1-4,9,11-13,15H,5-8,10H2,(H,21,23)(H,22,24)/t12-,13-,15+/m0/s1. The molecule has 0 spiro atoms. The van der Waals surface area contributed by atoms with E-state index in [2.05, 4.69) is 15.6 Å². The van der Waals surface area contributed by atoms with Gasteiger partial charge in [0.2, 0.25) is 0 Å². The van der Waals surface area contributed by atoms with E-state index in [4.69, 9.17) is 0 Å². The lowest BCUT2D eigenvalue weighted by Crippen LogP contribution is -2.39. The van der Waals surface area contributed by atoms with Crippen molar-refractivity contribution < 1.29 is 9.59 Å². The normalized spacial score (nSPS) is 24.9. The number of fused-ring (bicyclic) bond motifs is 3. The molecule has 24 heavy (non-hydrogen) atoms. The van der Waals surface area contributed by atoms with E-state index in [0.29, 0.717) is 18.2 Å². The summed E-state index contributed by atoms with van der Waals surface area (Å²) in [5.41, 5.74) is 1.39. The molecule has 1 aromatic carbocycles. The van der Waals surface area contributed by atoms with E-state index in [-0.39, 0.29) is 0 Å². The molecule has 1 aromatic heterocycles. The SMILES string of the molecule is O=C(NC[C@H]1C[C@H]2CC[C@H]1C2)C(=O)Nc1cnc2ccccc2c1. The van der Waals surface area contributed by atoms with Gasteiger partial charge in [-0.1, -0.05) is 24.6 Å². The number of pyridine rings is 1. The first-order chi connectivity index (χ1) is 11.7. The molecule has 3 atom stereocenters. The van der Waals surface area contributed by atoms with Crippen molar-refractivity contribution in [3.8, 4) is 0 Å². The summed E-state index contributed by atoms with van der Waals surface area (Å²) < 4.78 is 0. The topological polar surface area (TPSA) is 71.1 Å². The predicted molar refractivity (Wildman–Crippen MR) is 92.3 cm³/mol. The Hall–Kier alpha value is -2.43. The van der Waals surface area contributed by atoms with E-state index in [9.17, 15) is 9.59 Å². The number of nitrogens with zero attached hydrogens (tertiary/aromatic N) is 1. The molecule has 2 amide bonds. The first-order valence-electron chi connectivity index (χ1n) is 8.63. The van der Waals surface area contributed by atoms with Crippen LogP contribution in [0.25, 0.3) is 10.9 Å². The number of aromatic nitrogens is 1. The zero-order valence-electron chi connectivity index (χ0n) is 13.5. The van der Waals surface area contributed by atoms with Gasteiger partial charge in [0.1, 0.15) is 0 Å². The Morgan fingerprint density at radius 1 is 1.12 bits per heavy atom. The summed E-state index contributed by atoms with van der Waals surface area (Å²) in [6.45, 7) is 0.614. The van der Waals surface area contributed by atoms with Crippen molar-refractivity contribution in [3.63, 3.8) is 0 Å². The van der Waals surface area contributed by atoms with Gasteiger partial charge in [0, 0.05) is 11.9 Å². The molecule has 0 radical (unpaired) electrons. The molecule has 0 aliphatic heterocycles. The third kappa shape index (κ3) is 2.98. The van der Waals surface area contributed by atoms with E-state index < -0.39 is 11.8 Å². The number of carbonyl (C=O) groups is 2. The number of para-hydroxylation sites is 1. The zero-order valence-corrected chi connectivity index (χ0v) is 13.5. The van der Waals surface area contributed by atoms with Gasteiger partial charge in [0.15, 0.2) is 0 Å². The Morgan fingerprint density at radius 3 is 2.79 bits per heavy atom. The fourth-order valence-corrected chi connectivity index (χ4v) is 4.26. The minimum atomic E-state index is -0.629. The largest absolute Gasteiger partial charge is 0.348 e. The van der Waals surface area contributed by atoms with Gasteiger partial charge < -0.3 is 10.6 Å². The summed E-state index contributed by atoms with van der Waals surface area (Å²) >= 11 is 0. The number of amides is 2. The second-order valence-electron chi connectivity index (χ2n) is 7.02. The molecule has 2 N–H and O–H groups in total. The number of benzene rings is 1. The van der Waals surface area contributed by atoms with Crippen LogP contribution in [0, 0.1) is 17.8 Å². The van der Waals surface area contributed by atoms with Crippen molar-refractivity contribution in [2.75, 3.05) is 11.9 Å². The summed E-state index contributed by atoms with van der Waals surface area (Å²) in [5, 5.41) is 6.35. The molecule has 1 heterocycles.